The van der Waals surface area contributed by atoms with E-state index in [0.717, 1.165) is 13.0 Å². The average molecular weight is 227 g/mol. The number of aliphatic carboxylic acids is 1. The molecule has 3 N–H and O–H groups in total. The van der Waals surface area contributed by atoms with Crippen LogP contribution >= 0.6 is 0 Å². The summed E-state index contributed by atoms with van der Waals surface area (Å²) >= 11 is 0. The van der Waals surface area contributed by atoms with Crippen molar-refractivity contribution >= 4 is 11.9 Å². The van der Waals surface area contributed by atoms with Gasteiger partial charge in [0.05, 0.1) is 18.0 Å². The molecule has 2 aliphatic heterocycles. The van der Waals surface area contributed by atoms with E-state index in [1.54, 1.807) is 11.9 Å². The minimum Gasteiger partial charge on any atom is -0.481 e. The van der Waals surface area contributed by atoms with Crippen LogP contribution in [0.2, 0.25) is 0 Å². The fraction of sp³-hybridized carbons (Fsp3) is 0.800. The summed E-state index contributed by atoms with van der Waals surface area (Å²) in [6.07, 6.45) is 0.824. The van der Waals surface area contributed by atoms with Gasteiger partial charge in [-0.05, 0) is 6.42 Å². The first-order valence-corrected chi connectivity index (χ1v) is 5.48. The van der Waals surface area contributed by atoms with Crippen molar-refractivity contribution < 1.29 is 14.7 Å². The number of amides is 1. The van der Waals surface area contributed by atoms with Crippen molar-refractivity contribution in [1.82, 2.24) is 15.5 Å². The molecule has 0 aromatic carbocycles. The first kappa shape index (κ1) is 11.3. The van der Waals surface area contributed by atoms with Crippen LogP contribution in [0.1, 0.15) is 12.8 Å². The van der Waals surface area contributed by atoms with Gasteiger partial charge in [-0.15, -0.1) is 0 Å². The number of nitrogens with zero attached hydrogens (tertiary/aromatic N) is 1. The van der Waals surface area contributed by atoms with Crippen LogP contribution in [0, 0.1) is 0 Å². The number of carboxylic acids is 1. The summed E-state index contributed by atoms with van der Waals surface area (Å²) < 4.78 is 0. The third kappa shape index (κ3) is 2.03. The summed E-state index contributed by atoms with van der Waals surface area (Å²) in [5.41, 5.74) is -0.433. The lowest BCUT2D eigenvalue weighted by molar-refractivity contribution is -0.140. The molecule has 16 heavy (non-hydrogen) atoms. The third-order valence-corrected chi connectivity index (χ3v) is 3.32. The van der Waals surface area contributed by atoms with E-state index in [-0.39, 0.29) is 18.4 Å². The highest BCUT2D eigenvalue weighted by molar-refractivity contribution is 5.84. The van der Waals surface area contributed by atoms with E-state index in [1.165, 1.54) is 0 Å². The molecule has 2 rings (SSSR count). The largest absolute Gasteiger partial charge is 0.481 e. The molecule has 0 radical (unpaired) electrons. The van der Waals surface area contributed by atoms with E-state index >= 15 is 0 Å². The Morgan fingerprint density at radius 2 is 2.38 bits per heavy atom. The molecular weight excluding hydrogens is 210 g/mol. The Labute approximate surface area is 94.0 Å². The number of hydrogen-bond donors (Lipinski definition) is 3. The van der Waals surface area contributed by atoms with E-state index in [4.69, 9.17) is 5.11 Å². The predicted molar refractivity (Wildman–Crippen MR) is 57.0 cm³/mol. The number of carboxylic acid groups (broad SMARTS) is 1. The lowest BCUT2D eigenvalue weighted by Crippen LogP contribution is -2.71. The number of hydrogen-bond acceptors (Lipinski definition) is 4. The molecule has 1 unspecified atom stereocenters. The zero-order valence-electron chi connectivity index (χ0n) is 9.32. The van der Waals surface area contributed by atoms with Gasteiger partial charge in [-0.25, -0.2) is 0 Å². The minimum absolute atomic E-state index is 0.0630. The van der Waals surface area contributed by atoms with Gasteiger partial charge in [0.1, 0.15) is 0 Å². The fourth-order valence-corrected chi connectivity index (χ4v) is 2.32. The second-order valence-electron chi connectivity index (χ2n) is 4.70. The normalized spacial score (nSPS) is 27.9. The minimum atomic E-state index is -0.826. The number of carbonyl (C=O) groups is 2. The lowest BCUT2D eigenvalue weighted by Gasteiger charge is -2.43. The first-order valence-electron chi connectivity index (χ1n) is 5.48. The average Bonchev–Trinajstić information content (AvgIpc) is 2.45. The van der Waals surface area contributed by atoms with E-state index in [2.05, 4.69) is 10.6 Å². The summed E-state index contributed by atoms with van der Waals surface area (Å²) in [6.45, 7) is 1.98. The molecule has 0 aromatic heterocycles. The van der Waals surface area contributed by atoms with Crippen LogP contribution in [0.15, 0.2) is 0 Å². The van der Waals surface area contributed by atoms with Crippen LogP contribution in [0.3, 0.4) is 0 Å². The zero-order chi connectivity index (χ0) is 11.8. The highest BCUT2D eigenvalue weighted by Crippen LogP contribution is 2.20. The van der Waals surface area contributed by atoms with Crippen molar-refractivity contribution in [3.63, 3.8) is 0 Å². The Morgan fingerprint density at radius 3 is 2.75 bits per heavy atom. The van der Waals surface area contributed by atoms with Gasteiger partial charge in [0.25, 0.3) is 0 Å². The van der Waals surface area contributed by atoms with Gasteiger partial charge in [-0.3, -0.25) is 14.9 Å². The van der Waals surface area contributed by atoms with Crippen LogP contribution in [0.25, 0.3) is 0 Å². The predicted octanol–water partition coefficient (Wildman–Crippen LogP) is -1.38. The number of likely N-dealkylation sites (tertiary alicyclic amines) is 1. The molecule has 1 amide bonds. The topological polar surface area (TPSA) is 81.7 Å². The number of likely N-dealkylation sites (N-methyl/N-ethyl adjacent to an activating group) is 1. The first-order chi connectivity index (χ1) is 7.52. The Hall–Kier alpha value is -1.14. The van der Waals surface area contributed by atoms with E-state index in [9.17, 15) is 9.59 Å². The molecule has 90 valence electrons. The highest BCUT2D eigenvalue weighted by Gasteiger charge is 2.43. The summed E-state index contributed by atoms with van der Waals surface area (Å²) in [4.78, 5) is 24.1. The number of rotatable bonds is 4. The summed E-state index contributed by atoms with van der Waals surface area (Å²) in [6, 6.07) is -0.216. The number of nitrogens with one attached hydrogen (secondary N) is 2. The lowest BCUT2D eigenvalue weighted by atomic mass is 9.87. The molecule has 2 fully saturated rings. The van der Waals surface area contributed by atoms with Crippen LogP contribution < -0.4 is 10.6 Å². The van der Waals surface area contributed by atoms with Gasteiger partial charge in [-0.2, -0.15) is 0 Å². The molecule has 0 aliphatic carbocycles. The van der Waals surface area contributed by atoms with Crippen LogP contribution in [-0.4, -0.2) is 60.1 Å². The van der Waals surface area contributed by atoms with Gasteiger partial charge in [0.2, 0.25) is 5.91 Å². The van der Waals surface area contributed by atoms with Crippen molar-refractivity contribution in [2.75, 3.05) is 26.7 Å². The molecule has 2 heterocycles. The summed E-state index contributed by atoms with van der Waals surface area (Å²) in [7, 11) is 1.77. The molecule has 1 atom stereocenters. The van der Waals surface area contributed by atoms with Crippen molar-refractivity contribution in [3.8, 4) is 0 Å². The highest BCUT2D eigenvalue weighted by atomic mass is 16.4. The third-order valence-electron chi connectivity index (χ3n) is 3.32. The second-order valence-corrected chi connectivity index (χ2v) is 4.70. The van der Waals surface area contributed by atoms with Crippen molar-refractivity contribution in [2.45, 2.75) is 24.4 Å². The monoisotopic (exact) mass is 227 g/mol. The van der Waals surface area contributed by atoms with Gasteiger partial charge in [0, 0.05) is 26.7 Å². The van der Waals surface area contributed by atoms with Gasteiger partial charge < -0.3 is 15.3 Å². The van der Waals surface area contributed by atoms with Crippen molar-refractivity contribution in [3.05, 3.63) is 0 Å². The van der Waals surface area contributed by atoms with Crippen molar-refractivity contribution in [2.24, 2.45) is 0 Å². The molecule has 0 aromatic rings. The van der Waals surface area contributed by atoms with Crippen LogP contribution in [0.5, 0.6) is 0 Å². The van der Waals surface area contributed by atoms with Gasteiger partial charge in [-0.1, -0.05) is 0 Å². The van der Waals surface area contributed by atoms with Gasteiger partial charge in [0.15, 0.2) is 0 Å². The SMILES string of the molecule is CN1CCC(NC2(CC(=O)O)CNC2)C1=O. The Bertz CT molecular complexity index is 314. The molecule has 2 saturated heterocycles. The molecule has 0 bridgehead atoms. The Kier molecular flexibility index (Phi) is 2.86. The van der Waals surface area contributed by atoms with E-state index in [0.29, 0.717) is 13.1 Å². The number of carbonyl (C=O) groups excluding carboxylic acids is 1. The smallest absolute Gasteiger partial charge is 0.305 e. The quantitative estimate of drug-likeness (QED) is 0.551. The molecule has 6 heteroatoms. The van der Waals surface area contributed by atoms with Crippen molar-refractivity contribution in [1.29, 1.82) is 0 Å². The van der Waals surface area contributed by atoms with Crippen LogP contribution in [0.4, 0.5) is 0 Å². The maximum Gasteiger partial charge on any atom is 0.305 e. The zero-order valence-corrected chi connectivity index (χ0v) is 9.32. The fourth-order valence-electron chi connectivity index (χ4n) is 2.32. The Balaban J connectivity index is 1.97. The molecular formula is C10H17N3O3. The van der Waals surface area contributed by atoms with E-state index < -0.39 is 11.5 Å². The Morgan fingerprint density at radius 1 is 1.69 bits per heavy atom. The molecule has 0 spiro atoms. The van der Waals surface area contributed by atoms with Crippen LogP contribution in [-0.2, 0) is 9.59 Å². The van der Waals surface area contributed by atoms with Gasteiger partial charge >= 0.3 is 5.97 Å². The molecule has 0 saturated carbocycles. The second kappa shape index (κ2) is 4.03. The maximum absolute atomic E-state index is 11.7. The summed E-state index contributed by atoms with van der Waals surface area (Å²) in [5, 5.41) is 15.1. The molecule has 2 aliphatic rings. The standard InChI is InChI=1S/C10H17N3O3/c1-13-3-2-7(9(13)16)12-10(4-8(14)15)5-11-6-10/h7,11-12H,2-6H2,1H3,(H,14,15). The maximum atomic E-state index is 11.7. The molecule has 6 nitrogen and oxygen atoms in total. The van der Waals surface area contributed by atoms with E-state index in [1.807, 2.05) is 0 Å². The summed E-state index contributed by atoms with van der Waals surface area (Å²) in [5.74, 6) is -0.760.